The molecule has 0 aromatic heterocycles. The van der Waals surface area contributed by atoms with Crippen LogP contribution in [0.25, 0.3) is 0 Å². The second kappa shape index (κ2) is 11.2. The van der Waals surface area contributed by atoms with Gasteiger partial charge in [0, 0.05) is 30.1 Å². The lowest BCUT2D eigenvalue weighted by Crippen LogP contribution is -2.53. The highest BCUT2D eigenvalue weighted by molar-refractivity contribution is 14.0. The number of hydrogen-bond acceptors (Lipinski definition) is 4. The number of guanidine groups is 1. The number of benzene rings is 1. The van der Waals surface area contributed by atoms with Crippen molar-refractivity contribution < 1.29 is 8.42 Å². The predicted molar refractivity (Wildman–Crippen MR) is 133 cm³/mol. The quantitative estimate of drug-likeness (QED) is 0.333. The molecule has 9 heteroatoms. The Morgan fingerprint density at radius 2 is 2.03 bits per heavy atom. The van der Waals surface area contributed by atoms with Crippen molar-refractivity contribution in [3.05, 3.63) is 29.8 Å². The fourth-order valence-electron chi connectivity index (χ4n) is 4.05. The molecule has 6 nitrogen and oxygen atoms in total. The lowest BCUT2D eigenvalue weighted by atomic mass is 9.87. The van der Waals surface area contributed by atoms with Crippen LogP contribution in [-0.2, 0) is 16.6 Å². The van der Waals surface area contributed by atoms with Crippen LogP contribution in [0.4, 0.5) is 0 Å². The highest BCUT2D eigenvalue weighted by atomic mass is 127. The SMILES string of the molecule is CCNC(=NCc1cccc(S(=O)(=O)NC)c1)N1CCSC2(CCCCC2)C1.I. The van der Waals surface area contributed by atoms with Crippen LogP contribution in [0, 0.1) is 0 Å². The summed E-state index contributed by atoms with van der Waals surface area (Å²) in [6.07, 6.45) is 6.64. The zero-order valence-electron chi connectivity index (χ0n) is 17.3. The first-order valence-corrected chi connectivity index (χ1v) is 12.6. The van der Waals surface area contributed by atoms with Gasteiger partial charge in [0.15, 0.2) is 5.96 Å². The number of hydrogen-bond donors (Lipinski definition) is 2. The Balaban J connectivity index is 0.00000300. The summed E-state index contributed by atoms with van der Waals surface area (Å²) in [5.41, 5.74) is 0.894. The second-order valence-electron chi connectivity index (χ2n) is 7.54. The van der Waals surface area contributed by atoms with E-state index in [2.05, 4.69) is 33.6 Å². The maximum absolute atomic E-state index is 12.0. The molecule has 1 aliphatic carbocycles. The molecule has 1 heterocycles. The van der Waals surface area contributed by atoms with Crippen LogP contribution in [0.5, 0.6) is 0 Å². The summed E-state index contributed by atoms with van der Waals surface area (Å²) in [6, 6.07) is 7.01. The van der Waals surface area contributed by atoms with Crippen LogP contribution in [0.15, 0.2) is 34.2 Å². The summed E-state index contributed by atoms with van der Waals surface area (Å²) in [5, 5.41) is 3.44. The van der Waals surface area contributed by atoms with E-state index < -0.39 is 10.0 Å². The summed E-state index contributed by atoms with van der Waals surface area (Å²) >= 11 is 2.15. The fraction of sp³-hybridized carbons (Fsp3) is 0.650. The Labute approximate surface area is 196 Å². The smallest absolute Gasteiger partial charge is 0.240 e. The Bertz CT molecular complexity index is 790. The first-order valence-electron chi connectivity index (χ1n) is 10.2. The predicted octanol–water partition coefficient (Wildman–Crippen LogP) is 3.43. The second-order valence-corrected chi connectivity index (χ2v) is 11.0. The van der Waals surface area contributed by atoms with Crippen LogP contribution in [0.1, 0.15) is 44.6 Å². The van der Waals surface area contributed by atoms with Crippen LogP contribution in [0.3, 0.4) is 0 Å². The molecule has 1 aliphatic heterocycles. The molecular weight excluding hydrogens is 519 g/mol. The molecule has 2 aliphatic rings. The third kappa shape index (κ3) is 6.48. The minimum atomic E-state index is -3.44. The average molecular weight is 553 g/mol. The summed E-state index contributed by atoms with van der Waals surface area (Å²) in [4.78, 5) is 7.52. The molecule has 0 amide bonds. The van der Waals surface area contributed by atoms with E-state index in [9.17, 15) is 8.42 Å². The summed E-state index contributed by atoms with van der Waals surface area (Å²) in [5.74, 6) is 2.08. The monoisotopic (exact) mass is 552 g/mol. The molecule has 1 saturated heterocycles. The normalized spacial score (nSPS) is 19.7. The number of thioether (sulfide) groups is 1. The lowest BCUT2D eigenvalue weighted by Gasteiger charge is -2.45. The highest BCUT2D eigenvalue weighted by Crippen LogP contribution is 2.42. The van der Waals surface area contributed by atoms with Crippen molar-refractivity contribution in [2.45, 2.75) is 55.2 Å². The van der Waals surface area contributed by atoms with Gasteiger partial charge in [0.05, 0.1) is 11.4 Å². The van der Waals surface area contributed by atoms with E-state index in [1.165, 1.54) is 39.2 Å². The summed E-state index contributed by atoms with van der Waals surface area (Å²) in [6.45, 7) is 5.44. The Morgan fingerprint density at radius 3 is 2.72 bits per heavy atom. The molecular formula is C20H33IN4O2S2. The highest BCUT2D eigenvalue weighted by Gasteiger charge is 2.38. The van der Waals surface area contributed by atoms with E-state index in [-0.39, 0.29) is 28.9 Å². The van der Waals surface area contributed by atoms with E-state index >= 15 is 0 Å². The third-order valence-electron chi connectivity index (χ3n) is 5.54. The number of nitrogens with one attached hydrogen (secondary N) is 2. The van der Waals surface area contributed by atoms with E-state index in [4.69, 9.17) is 4.99 Å². The van der Waals surface area contributed by atoms with Crippen molar-refractivity contribution in [2.75, 3.05) is 32.4 Å². The number of nitrogens with zero attached hydrogens (tertiary/aromatic N) is 2. The molecule has 2 fully saturated rings. The Kier molecular flexibility index (Phi) is 9.56. The molecule has 1 aromatic rings. The van der Waals surface area contributed by atoms with E-state index in [1.807, 2.05) is 6.07 Å². The van der Waals surface area contributed by atoms with Crippen molar-refractivity contribution >= 4 is 51.7 Å². The van der Waals surface area contributed by atoms with E-state index in [1.54, 1.807) is 18.2 Å². The molecule has 1 saturated carbocycles. The standard InChI is InChI=1S/C20H32N4O2S2.HI/c1-3-22-19(24-12-13-27-20(16-24)10-5-4-6-11-20)23-15-17-8-7-9-18(14-17)28(25,26)21-2;/h7-9,14,21H,3-6,10-13,15-16H2,1-2H3,(H,22,23);1H. The van der Waals surface area contributed by atoms with Crippen molar-refractivity contribution in [1.82, 2.24) is 14.9 Å². The number of halogens is 1. The molecule has 164 valence electrons. The summed E-state index contributed by atoms with van der Waals surface area (Å²) < 4.78 is 26.8. The van der Waals surface area contributed by atoms with Gasteiger partial charge in [-0.3, -0.25) is 0 Å². The van der Waals surface area contributed by atoms with Gasteiger partial charge in [0.2, 0.25) is 10.0 Å². The van der Waals surface area contributed by atoms with E-state index in [0.717, 1.165) is 36.9 Å². The minimum absolute atomic E-state index is 0. The van der Waals surface area contributed by atoms with Crippen molar-refractivity contribution in [2.24, 2.45) is 4.99 Å². The van der Waals surface area contributed by atoms with Gasteiger partial charge < -0.3 is 10.2 Å². The molecule has 0 bridgehead atoms. The first-order chi connectivity index (χ1) is 13.5. The molecule has 2 N–H and O–H groups in total. The van der Waals surface area contributed by atoms with Crippen LogP contribution in [-0.4, -0.2) is 56.5 Å². The zero-order chi connectivity index (χ0) is 20.0. The molecule has 0 radical (unpaired) electrons. The maximum Gasteiger partial charge on any atom is 0.240 e. The largest absolute Gasteiger partial charge is 0.357 e. The molecule has 1 spiro atoms. The molecule has 29 heavy (non-hydrogen) atoms. The van der Waals surface area contributed by atoms with Gasteiger partial charge in [-0.15, -0.1) is 24.0 Å². The lowest BCUT2D eigenvalue weighted by molar-refractivity contribution is 0.293. The van der Waals surface area contributed by atoms with Gasteiger partial charge in [-0.05, 0) is 44.5 Å². The molecule has 0 atom stereocenters. The van der Waals surface area contributed by atoms with Gasteiger partial charge in [0.1, 0.15) is 0 Å². The topological polar surface area (TPSA) is 73.8 Å². The molecule has 1 aromatic carbocycles. The zero-order valence-corrected chi connectivity index (χ0v) is 21.3. The number of sulfonamides is 1. The van der Waals surface area contributed by atoms with Crippen molar-refractivity contribution in [1.29, 1.82) is 0 Å². The van der Waals surface area contributed by atoms with Crippen molar-refractivity contribution in [3.8, 4) is 0 Å². The molecule has 0 unspecified atom stereocenters. The number of aliphatic imine (C=N–C) groups is 1. The van der Waals surface area contributed by atoms with Gasteiger partial charge >= 0.3 is 0 Å². The fourth-order valence-corrected chi connectivity index (χ4v) is 6.41. The van der Waals surface area contributed by atoms with Gasteiger partial charge in [0.25, 0.3) is 0 Å². The van der Waals surface area contributed by atoms with Crippen molar-refractivity contribution in [3.63, 3.8) is 0 Å². The Morgan fingerprint density at radius 1 is 1.28 bits per heavy atom. The van der Waals surface area contributed by atoms with E-state index in [0.29, 0.717) is 11.3 Å². The molecule has 3 rings (SSSR count). The van der Waals surface area contributed by atoms with Gasteiger partial charge in [-0.1, -0.05) is 31.4 Å². The number of rotatable bonds is 5. The maximum atomic E-state index is 12.0. The summed E-state index contributed by atoms with van der Waals surface area (Å²) in [7, 11) is -2.01. The van der Waals surface area contributed by atoms with Gasteiger partial charge in [-0.25, -0.2) is 18.1 Å². The third-order valence-corrected chi connectivity index (χ3v) is 8.48. The first kappa shape index (κ1) is 24.7. The Hall–Kier alpha value is -0.520. The van der Waals surface area contributed by atoms with Gasteiger partial charge in [-0.2, -0.15) is 11.8 Å². The average Bonchev–Trinajstić information content (AvgIpc) is 2.72. The van der Waals surface area contributed by atoms with Crippen LogP contribution >= 0.6 is 35.7 Å². The van der Waals surface area contributed by atoms with Crippen LogP contribution < -0.4 is 10.0 Å². The van der Waals surface area contributed by atoms with Crippen LogP contribution in [0.2, 0.25) is 0 Å². The minimum Gasteiger partial charge on any atom is -0.357 e.